The largest absolute Gasteiger partial charge is 0.378 e. The van der Waals surface area contributed by atoms with Crippen LogP contribution in [0.3, 0.4) is 0 Å². The SMILES string of the molecule is CO[C@H]1CN(C2CCN(C(=O)NCC(C)C)CC2)[C@H]1c1ccncc1. The van der Waals surface area contributed by atoms with Crippen LogP contribution >= 0.6 is 0 Å². The fraction of sp³-hybridized carbons (Fsp3) is 0.684. The molecule has 1 aromatic rings. The Morgan fingerprint density at radius 3 is 2.60 bits per heavy atom. The standard InChI is InChI=1S/C19H30N4O2/c1-14(2)12-21-19(24)22-10-6-16(7-11-22)23-13-17(25-3)18(23)15-4-8-20-9-5-15/h4-5,8-9,14,16-18H,6-7,10-13H2,1-3H3,(H,21,24)/t17-,18-/m0/s1. The summed E-state index contributed by atoms with van der Waals surface area (Å²) in [7, 11) is 1.79. The van der Waals surface area contributed by atoms with Crippen LogP contribution in [-0.2, 0) is 4.74 Å². The lowest BCUT2D eigenvalue weighted by atomic mass is 9.87. The molecule has 2 aliphatic rings. The molecule has 1 N–H and O–H groups in total. The number of rotatable bonds is 5. The van der Waals surface area contributed by atoms with Gasteiger partial charge in [-0.05, 0) is 36.5 Å². The van der Waals surface area contributed by atoms with Gasteiger partial charge in [0.25, 0.3) is 0 Å². The van der Waals surface area contributed by atoms with E-state index in [1.54, 1.807) is 7.11 Å². The number of nitrogens with one attached hydrogen (secondary N) is 1. The minimum absolute atomic E-state index is 0.0798. The van der Waals surface area contributed by atoms with Crippen molar-refractivity contribution in [3.63, 3.8) is 0 Å². The highest BCUT2D eigenvalue weighted by Gasteiger charge is 2.44. The van der Waals surface area contributed by atoms with E-state index in [2.05, 4.69) is 41.2 Å². The summed E-state index contributed by atoms with van der Waals surface area (Å²) in [6, 6.07) is 5.06. The number of nitrogens with zero attached hydrogens (tertiary/aromatic N) is 3. The Bertz CT molecular complexity index is 558. The Kier molecular flexibility index (Phi) is 5.91. The second-order valence-corrected chi connectivity index (χ2v) is 7.49. The Morgan fingerprint density at radius 2 is 2.00 bits per heavy atom. The van der Waals surface area contributed by atoms with Crippen LogP contribution in [-0.4, -0.2) is 66.2 Å². The molecule has 0 spiro atoms. The molecule has 1 aromatic heterocycles. The summed E-state index contributed by atoms with van der Waals surface area (Å²) in [4.78, 5) is 20.8. The summed E-state index contributed by atoms with van der Waals surface area (Å²) in [5.74, 6) is 0.481. The highest BCUT2D eigenvalue weighted by Crippen LogP contribution is 2.39. The third-order valence-corrected chi connectivity index (χ3v) is 5.33. The van der Waals surface area contributed by atoms with Crippen LogP contribution in [0.4, 0.5) is 4.79 Å². The first-order valence-corrected chi connectivity index (χ1v) is 9.31. The van der Waals surface area contributed by atoms with Crippen LogP contribution in [0.2, 0.25) is 0 Å². The van der Waals surface area contributed by atoms with E-state index in [0.717, 1.165) is 39.0 Å². The maximum absolute atomic E-state index is 12.2. The highest BCUT2D eigenvalue weighted by molar-refractivity contribution is 5.74. The minimum atomic E-state index is 0.0798. The van der Waals surface area contributed by atoms with Crippen LogP contribution < -0.4 is 5.32 Å². The molecule has 2 amide bonds. The molecule has 138 valence electrons. The van der Waals surface area contributed by atoms with Crippen LogP contribution in [0.15, 0.2) is 24.5 Å². The van der Waals surface area contributed by atoms with Gasteiger partial charge >= 0.3 is 6.03 Å². The quantitative estimate of drug-likeness (QED) is 0.889. The van der Waals surface area contributed by atoms with Crippen molar-refractivity contribution in [3.8, 4) is 0 Å². The number of amides is 2. The van der Waals surface area contributed by atoms with Gasteiger partial charge in [-0.1, -0.05) is 13.8 Å². The zero-order valence-electron chi connectivity index (χ0n) is 15.5. The number of methoxy groups -OCH3 is 1. The van der Waals surface area contributed by atoms with Gasteiger partial charge < -0.3 is 15.0 Å². The third-order valence-electron chi connectivity index (χ3n) is 5.33. The van der Waals surface area contributed by atoms with Gasteiger partial charge in [0.2, 0.25) is 0 Å². The number of piperidine rings is 1. The molecule has 0 radical (unpaired) electrons. The van der Waals surface area contributed by atoms with Gasteiger partial charge in [0, 0.05) is 51.7 Å². The Morgan fingerprint density at radius 1 is 1.32 bits per heavy atom. The van der Waals surface area contributed by atoms with E-state index in [-0.39, 0.29) is 12.1 Å². The van der Waals surface area contributed by atoms with Crippen molar-refractivity contribution in [2.45, 2.75) is 44.9 Å². The molecule has 3 rings (SSSR count). The smallest absolute Gasteiger partial charge is 0.317 e. The summed E-state index contributed by atoms with van der Waals surface area (Å²) in [6.07, 6.45) is 5.98. The lowest BCUT2D eigenvalue weighted by Crippen LogP contribution is -2.61. The number of pyridine rings is 1. The molecule has 2 atom stereocenters. The molecule has 0 aliphatic carbocycles. The van der Waals surface area contributed by atoms with Gasteiger partial charge in [-0.2, -0.15) is 0 Å². The van der Waals surface area contributed by atoms with Gasteiger partial charge in [0.15, 0.2) is 0 Å². The molecular weight excluding hydrogens is 316 g/mol. The average molecular weight is 346 g/mol. The maximum Gasteiger partial charge on any atom is 0.317 e. The number of hydrogen-bond donors (Lipinski definition) is 1. The van der Waals surface area contributed by atoms with E-state index >= 15 is 0 Å². The van der Waals surface area contributed by atoms with Crippen LogP contribution in [0.25, 0.3) is 0 Å². The van der Waals surface area contributed by atoms with E-state index in [0.29, 0.717) is 18.0 Å². The molecule has 25 heavy (non-hydrogen) atoms. The van der Waals surface area contributed by atoms with Gasteiger partial charge in [-0.15, -0.1) is 0 Å². The number of carbonyl (C=O) groups excluding carboxylic acids is 1. The summed E-state index contributed by atoms with van der Waals surface area (Å²) >= 11 is 0. The molecule has 6 nitrogen and oxygen atoms in total. The van der Waals surface area contributed by atoms with E-state index in [1.807, 2.05) is 17.3 Å². The van der Waals surface area contributed by atoms with Crippen molar-refractivity contribution in [1.29, 1.82) is 0 Å². The maximum atomic E-state index is 12.2. The van der Waals surface area contributed by atoms with Crippen molar-refractivity contribution in [3.05, 3.63) is 30.1 Å². The Balaban J connectivity index is 1.55. The van der Waals surface area contributed by atoms with Crippen molar-refractivity contribution in [1.82, 2.24) is 20.1 Å². The predicted molar refractivity (Wildman–Crippen MR) is 97.3 cm³/mol. The number of urea groups is 1. The summed E-state index contributed by atoms with van der Waals surface area (Å²) in [6.45, 7) is 7.58. The van der Waals surface area contributed by atoms with Crippen molar-refractivity contribution < 1.29 is 9.53 Å². The lowest BCUT2D eigenvalue weighted by molar-refractivity contribution is -0.115. The van der Waals surface area contributed by atoms with E-state index in [9.17, 15) is 4.79 Å². The number of ether oxygens (including phenoxy) is 1. The van der Waals surface area contributed by atoms with E-state index in [4.69, 9.17) is 4.74 Å². The summed E-state index contributed by atoms with van der Waals surface area (Å²) in [5.41, 5.74) is 1.27. The summed E-state index contributed by atoms with van der Waals surface area (Å²) in [5, 5.41) is 3.02. The van der Waals surface area contributed by atoms with E-state index in [1.165, 1.54) is 5.56 Å². The molecule has 0 unspecified atom stereocenters. The van der Waals surface area contributed by atoms with E-state index < -0.39 is 0 Å². The topological polar surface area (TPSA) is 57.7 Å². The van der Waals surface area contributed by atoms with Crippen LogP contribution in [0, 0.1) is 5.92 Å². The Labute approximate surface area is 150 Å². The molecule has 2 aliphatic heterocycles. The van der Waals surface area contributed by atoms with Gasteiger partial charge in [0.05, 0.1) is 12.1 Å². The van der Waals surface area contributed by atoms with Gasteiger partial charge in [-0.25, -0.2) is 4.79 Å². The molecule has 3 heterocycles. The zero-order valence-corrected chi connectivity index (χ0v) is 15.5. The first-order chi connectivity index (χ1) is 12.1. The fourth-order valence-electron chi connectivity index (χ4n) is 3.85. The zero-order chi connectivity index (χ0) is 17.8. The highest BCUT2D eigenvalue weighted by atomic mass is 16.5. The molecular formula is C19H30N4O2. The number of aromatic nitrogens is 1. The van der Waals surface area contributed by atoms with Gasteiger partial charge in [-0.3, -0.25) is 9.88 Å². The van der Waals surface area contributed by atoms with Crippen molar-refractivity contribution >= 4 is 6.03 Å². The van der Waals surface area contributed by atoms with Crippen molar-refractivity contribution in [2.75, 3.05) is 33.3 Å². The normalized spacial score (nSPS) is 25.0. The Hall–Kier alpha value is -1.66. The van der Waals surface area contributed by atoms with Gasteiger partial charge in [0.1, 0.15) is 0 Å². The molecule has 0 bridgehead atoms. The predicted octanol–water partition coefficient (Wildman–Crippen LogP) is 2.28. The number of likely N-dealkylation sites (tertiary alicyclic amines) is 2. The molecule has 6 heteroatoms. The third kappa shape index (κ3) is 4.12. The monoisotopic (exact) mass is 346 g/mol. The lowest BCUT2D eigenvalue weighted by Gasteiger charge is -2.53. The molecule has 2 fully saturated rings. The summed E-state index contributed by atoms with van der Waals surface area (Å²) < 4.78 is 5.65. The number of carbonyl (C=O) groups is 1. The second-order valence-electron chi connectivity index (χ2n) is 7.49. The average Bonchev–Trinajstić information content (AvgIpc) is 2.60. The fourth-order valence-corrected chi connectivity index (χ4v) is 3.85. The number of hydrogen-bond acceptors (Lipinski definition) is 4. The molecule has 0 aromatic carbocycles. The molecule has 2 saturated heterocycles. The van der Waals surface area contributed by atoms with Crippen molar-refractivity contribution in [2.24, 2.45) is 5.92 Å². The second kappa shape index (κ2) is 8.15. The van der Waals surface area contributed by atoms with Crippen LogP contribution in [0.5, 0.6) is 0 Å². The first kappa shape index (κ1) is 18.1. The minimum Gasteiger partial charge on any atom is -0.378 e. The first-order valence-electron chi connectivity index (χ1n) is 9.31. The molecule has 0 saturated carbocycles. The van der Waals surface area contributed by atoms with Crippen LogP contribution in [0.1, 0.15) is 38.3 Å².